The molecule has 0 saturated carbocycles. The number of hydrogen-bond donors (Lipinski definition) is 2. The van der Waals surface area contributed by atoms with Crippen LogP contribution < -0.4 is 10.6 Å². The molecule has 0 radical (unpaired) electrons. The van der Waals surface area contributed by atoms with Crippen molar-refractivity contribution in [2.24, 2.45) is 0 Å². The maximum Gasteiger partial charge on any atom is 0.319 e. The second kappa shape index (κ2) is 7.56. The normalized spacial score (nSPS) is 12.0. The highest BCUT2D eigenvalue weighted by molar-refractivity contribution is 5.89. The highest BCUT2D eigenvalue weighted by Gasteiger charge is 2.15. The van der Waals surface area contributed by atoms with Crippen LogP contribution in [0.15, 0.2) is 48.8 Å². The van der Waals surface area contributed by atoms with Gasteiger partial charge in [-0.1, -0.05) is 18.2 Å². The van der Waals surface area contributed by atoms with Gasteiger partial charge in [0.2, 0.25) is 0 Å². The summed E-state index contributed by atoms with van der Waals surface area (Å²) in [6, 6.07) is 11.5. The molecule has 2 N–H and O–H groups in total. The number of aryl methyl sites for hydroxylation is 1. The number of carbonyl (C=O) groups is 1. The minimum Gasteiger partial charge on any atom is -0.336 e. The van der Waals surface area contributed by atoms with E-state index < -0.39 is 0 Å². The van der Waals surface area contributed by atoms with Gasteiger partial charge >= 0.3 is 6.03 Å². The first-order chi connectivity index (χ1) is 10.6. The second-order valence-electron chi connectivity index (χ2n) is 5.47. The van der Waals surface area contributed by atoms with E-state index in [1.54, 1.807) is 6.20 Å². The minimum atomic E-state index is -0.207. The van der Waals surface area contributed by atoms with Crippen LogP contribution in [0.1, 0.15) is 17.2 Å². The molecule has 2 aromatic rings. The second-order valence-corrected chi connectivity index (χ2v) is 5.47. The molecule has 1 aromatic carbocycles. The Balaban J connectivity index is 1.94. The SMILES string of the molecule is Cc1cccc(NC(=O)NCC(c2cccnc2)N(C)C)c1. The number of nitrogens with zero attached hydrogens (tertiary/aromatic N) is 2. The molecule has 5 heteroatoms. The molecule has 0 spiro atoms. The number of benzene rings is 1. The Labute approximate surface area is 131 Å². The molecule has 2 amide bonds. The fraction of sp³-hybridized carbons (Fsp3) is 0.294. The third-order valence-electron chi connectivity index (χ3n) is 3.42. The first-order valence-electron chi connectivity index (χ1n) is 7.24. The number of urea groups is 1. The molecule has 0 aliphatic carbocycles. The number of amides is 2. The molecular formula is C17H22N4O. The summed E-state index contributed by atoms with van der Waals surface area (Å²) in [4.78, 5) is 18.2. The van der Waals surface area contributed by atoms with Gasteiger partial charge in [0.05, 0.1) is 6.04 Å². The largest absolute Gasteiger partial charge is 0.336 e. The summed E-state index contributed by atoms with van der Waals surface area (Å²) in [5.74, 6) is 0. The standard InChI is InChI=1S/C17H22N4O/c1-13-6-4-8-15(10-13)20-17(22)19-12-16(21(2)3)14-7-5-9-18-11-14/h4-11,16H,12H2,1-3H3,(H2,19,20,22). The maximum absolute atomic E-state index is 12.0. The van der Waals surface area contributed by atoms with Crippen molar-refractivity contribution in [2.45, 2.75) is 13.0 Å². The fourth-order valence-corrected chi connectivity index (χ4v) is 2.26. The van der Waals surface area contributed by atoms with Crippen LogP contribution in [0.5, 0.6) is 0 Å². The van der Waals surface area contributed by atoms with Gasteiger partial charge in [0.15, 0.2) is 0 Å². The Morgan fingerprint density at radius 1 is 1.27 bits per heavy atom. The van der Waals surface area contributed by atoms with Crippen LogP contribution in [-0.4, -0.2) is 36.6 Å². The summed E-state index contributed by atoms with van der Waals surface area (Å²) in [5.41, 5.74) is 2.97. The Morgan fingerprint density at radius 2 is 2.09 bits per heavy atom. The first kappa shape index (κ1) is 16.0. The van der Waals surface area contributed by atoms with E-state index >= 15 is 0 Å². The van der Waals surface area contributed by atoms with Gasteiger partial charge in [-0.15, -0.1) is 0 Å². The number of likely N-dealkylation sites (N-methyl/N-ethyl adjacent to an activating group) is 1. The Bertz CT molecular complexity index is 613. The van der Waals surface area contributed by atoms with Gasteiger partial charge in [-0.3, -0.25) is 4.98 Å². The number of pyridine rings is 1. The third-order valence-corrected chi connectivity index (χ3v) is 3.42. The smallest absolute Gasteiger partial charge is 0.319 e. The van der Waals surface area contributed by atoms with Gasteiger partial charge in [0.25, 0.3) is 0 Å². The molecule has 2 rings (SSSR count). The average molecular weight is 298 g/mol. The lowest BCUT2D eigenvalue weighted by molar-refractivity contribution is 0.243. The Morgan fingerprint density at radius 3 is 2.73 bits per heavy atom. The predicted octanol–water partition coefficient (Wildman–Crippen LogP) is 2.81. The van der Waals surface area contributed by atoms with Crippen LogP contribution in [0.25, 0.3) is 0 Å². The first-order valence-corrected chi connectivity index (χ1v) is 7.24. The predicted molar refractivity (Wildman–Crippen MR) is 88.9 cm³/mol. The lowest BCUT2D eigenvalue weighted by atomic mass is 10.1. The molecule has 1 unspecified atom stereocenters. The lowest BCUT2D eigenvalue weighted by Crippen LogP contribution is -2.36. The minimum absolute atomic E-state index is 0.0805. The quantitative estimate of drug-likeness (QED) is 0.892. The van der Waals surface area contributed by atoms with Gasteiger partial charge < -0.3 is 15.5 Å². The van der Waals surface area contributed by atoms with E-state index in [4.69, 9.17) is 0 Å². The van der Waals surface area contributed by atoms with Gasteiger partial charge in [-0.2, -0.15) is 0 Å². The van der Waals surface area contributed by atoms with Gasteiger partial charge in [0.1, 0.15) is 0 Å². The molecule has 0 saturated heterocycles. The molecule has 0 fully saturated rings. The van der Waals surface area contributed by atoms with Crippen LogP contribution in [0.4, 0.5) is 10.5 Å². The van der Waals surface area contributed by atoms with Crippen molar-refractivity contribution in [3.63, 3.8) is 0 Å². The molecule has 5 nitrogen and oxygen atoms in total. The molecular weight excluding hydrogens is 276 g/mol. The summed E-state index contributed by atoms with van der Waals surface area (Å²) < 4.78 is 0. The van der Waals surface area contributed by atoms with Gasteiger partial charge in [0, 0.05) is 24.6 Å². The highest BCUT2D eigenvalue weighted by atomic mass is 16.2. The third kappa shape index (κ3) is 4.56. The number of aromatic nitrogens is 1. The summed E-state index contributed by atoms with van der Waals surface area (Å²) in [6.07, 6.45) is 3.57. The van der Waals surface area contributed by atoms with E-state index in [1.807, 2.05) is 63.6 Å². The summed E-state index contributed by atoms with van der Waals surface area (Å²) in [5, 5.41) is 5.76. The van der Waals surface area contributed by atoms with E-state index in [0.717, 1.165) is 16.8 Å². The van der Waals surface area contributed by atoms with Crippen molar-refractivity contribution in [2.75, 3.05) is 26.0 Å². The topological polar surface area (TPSA) is 57.3 Å². The van der Waals surface area contributed by atoms with Crippen molar-refractivity contribution in [1.29, 1.82) is 0 Å². The number of anilines is 1. The van der Waals surface area contributed by atoms with Crippen LogP contribution >= 0.6 is 0 Å². The molecule has 1 aromatic heterocycles. The van der Waals surface area contributed by atoms with E-state index in [2.05, 4.69) is 20.5 Å². The lowest BCUT2D eigenvalue weighted by Gasteiger charge is -2.24. The van der Waals surface area contributed by atoms with Crippen molar-refractivity contribution >= 4 is 11.7 Å². The Hall–Kier alpha value is -2.40. The zero-order valence-corrected chi connectivity index (χ0v) is 13.2. The summed E-state index contributed by atoms with van der Waals surface area (Å²) in [6.45, 7) is 2.50. The van der Waals surface area contributed by atoms with Gasteiger partial charge in [-0.05, 0) is 50.3 Å². The molecule has 0 aliphatic heterocycles. The maximum atomic E-state index is 12.0. The van der Waals surface area contributed by atoms with Crippen molar-refractivity contribution in [1.82, 2.24) is 15.2 Å². The number of hydrogen-bond acceptors (Lipinski definition) is 3. The molecule has 0 bridgehead atoms. The van der Waals surface area contributed by atoms with E-state index in [1.165, 1.54) is 0 Å². The zero-order chi connectivity index (χ0) is 15.9. The number of carbonyl (C=O) groups excluding carboxylic acids is 1. The molecule has 116 valence electrons. The Kier molecular flexibility index (Phi) is 5.49. The van der Waals surface area contributed by atoms with Crippen molar-refractivity contribution in [3.8, 4) is 0 Å². The van der Waals surface area contributed by atoms with Crippen LogP contribution in [0.2, 0.25) is 0 Å². The monoisotopic (exact) mass is 298 g/mol. The number of nitrogens with one attached hydrogen (secondary N) is 2. The van der Waals surface area contributed by atoms with Crippen LogP contribution in [0, 0.1) is 6.92 Å². The van der Waals surface area contributed by atoms with E-state index in [0.29, 0.717) is 6.54 Å². The van der Waals surface area contributed by atoms with Crippen molar-refractivity contribution < 1.29 is 4.79 Å². The van der Waals surface area contributed by atoms with Crippen molar-refractivity contribution in [3.05, 3.63) is 59.9 Å². The van der Waals surface area contributed by atoms with Gasteiger partial charge in [-0.25, -0.2) is 4.79 Å². The van der Waals surface area contributed by atoms with E-state index in [9.17, 15) is 4.79 Å². The molecule has 0 aliphatic rings. The average Bonchev–Trinajstić information content (AvgIpc) is 2.48. The number of rotatable bonds is 5. The molecule has 22 heavy (non-hydrogen) atoms. The van der Waals surface area contributed by atoms with Crippen LogP contribution in [-0.2, 0) is 0 Å². The fourth-order valence-electron chi connectivity index (χ4n) is 2.26. The zero-order valence-electron chi connectivity index (χ0n) is 13.2. The molecule has 1 atom stereocenters. The van der Waals surface area contributed by atoms with Crippen LogP contribution in [0.3, 0.4) is 0 Å². The van der Waals surface area contributed by atoms with E-state index in [-0.39, 0.29) is 12.1 Å². The highest BCUT2D eigenvalue weighted by Crippen LogP contribution is 2.16. The molecule has 1 heterocycles. The summed E-state index contributed by atoms with van der Waals surface area (Å²) in [7, 11) is 3.97. The summed E-state index contributed by atoms with van der Waals surface area (Å²) >= 11 is 0.